The molecule has 0 fully saturated rings. The van der Waals surface area contributed by atoms with Gasteiger partial charge < -0.3 is 9.42 Å². The maximum atomic E-state index is 12.7. The Labute approximate surface area is 150 Å². The van der Waals surface area contributed by atoms with E-state index in [9.17, 15) is 4.79 Å². The summed E-state index contributed by atoms with van der Waals surface area (Å²) in [5.74, 6) is 0.439. The van der Waals surface area contributed by atoms with Crippen LogP contribution in [0.15, 0.2) is 40.9 Å². The van der Waals surface area contributed by atoms with Gasteiger partial charge >= 0.3 is 0 Å². The quantitative estimate of drug-likeness (QED) is 0.689. The molecule has 0 spiro atoms. The number of nitrogens with zero attached hydrogens (tertiary/aromatic N) is 3. The van der Waals surface area contributed by atoms with Gasteiger partial charge in [0.15, 0.2) is 0 Å². The van der Waals surface area contributed by atoms with Crippen molar-refractivity contribution >= 4 is 11.8 Å². The molecule has 0 aliphatic carbocycles. The van der Waals surface area contributed by atoms with Crippen molar-refractivity contribution in [3.05, 3.63) is 36.4 Å². The van der Waals surface area contributed by atoms with Crippen molar-refractivity contribution in [2.75, 3.05) is 31.6 Å². The second-order valence-corrected chi connectivity index (χ2v) is 6.52. The lowest BCUT2D eigenvalue weighted by molar-refractivity contribution is -0.122. The Morgan fingerprint density at radius 1 is 1.16 bits per heavy atom. The predicted octanol–water partition coefficient (Wildman–Crippen LogP) is 4.06. The normalized spacial score (nSPS) is 12.4. The van der Waals surface area contributed by atoms with E-state index in [-0.39, 0.29) is 11.8 Å². The van der Waals surface area contributed by atoms with Crippen LogP contribution in [0.5, 0.6) is 0 Å². The highest BCUT2D eigenvalue weighted by atomic mass is 16.5. The highest BCUT2D eigenvalue weighted by Crippen LogP contribution is 2.24. The molecule has 0 bridgehead atoms. The number of carbonyl (C=O) groups excluding carboxylic acids is 1. The van der Waals surface area contributed by atoms with Gasteiger partial charge in [0.2, 0.25) is 11.8 Å². The zero-order chi connectivity index (χ0) is 18.2. The fourth-order valence-electron chi connectivity index (χ4n) is 3.00. The van der Waals surface area contributed by atoms with E-state index in [1.807, 2.05) is 43.3 Å². The molecular formula is C20H29N3O2. The molecule has 1 atom stereocenters. The molecule has 0 saturated carbocycles. The number of aromatic nitrogens is 1. The number of anilines is 1. The van der Waals surface area contributed by atoms with E-state index in [1.165, 1.54) is 0 Å². The molecule has 1 aromatic heterocycles. The van der Waals surface area contributed by atoms with Gasteiger partial charge in [-0.05, 0) is 25.9 Å². The first-order chi connectivity index (χ1) is 12.1. The molecule has 2 aromatic rings. The van der Waals surface area contributed by atoms with Gasteiger partial charge in [-0.25, -0.2) is 0 Å². The van der Waals surface area contributed by atoms with Gasteiger partial charge in [-0.15, -0.1) is 0 Å². The first kappa shape index (κ1) is 19.2. The minimum absolute atomic E-state index is 0.0490. The monoisotopic (exact) mass is 343 g/mol. The topological polar surface area (TPSA) is 49.6 Å². The van der Waals surface area contributed by atoms with Crippen molar-refractivity contribution < 1.29 is 9.32 Å². The van der Waals surface area contributed by atoms with Crippen LogP contribution in [-0.2, 0) is 4.79 Å². The second-order valence-electron chi connectivity index (χ2n) is 6.52. The summed E-state index contributed by atoms with van der Waals surface area (Å²) in [7, 11) is 1.75. The Morgan fingerprint density at radius 2 is 1.80 bits per heavy atom. The number of carbonyl (C=O) groups is 1. The standard InChI is InChI=1S/C20H29N3O2/c1-5-12-23(13-6-2)15-16(3)20(24)22(4)19-14-18(21-25-19)17-10-8-7-9-11-17/h7-11,14,16H,5-6,12-13,15H2,1-4H3. The highest BCUT2D eigenvalue weighted by molar-refractivity contribution is 5.93. The van der Waals surface area contributed by atoms with Crippen LogP contribution in [-0.4, -0.2) is 42.6 Å². The van der Waals surface area contributed by atoms with Gasteiger partial charge in [-0.2, -0.15) is 0 Å². The van der Waals surface area contributed by atoms with Gasteiger partial charge in [-0.1, -0.05) is 56.3 Å². The van der Waals surface area contributed by atoms with Crippen LogP contribution in [0.25, 0.3) is 11.3 Å². The third-order valence-electron chi connectivity index (χ3n) is 4.26. The van der Waals surface area contributed by atoms with Gasteiger partial charge in [0.05, 0.1) is 0 Å². The number of hydrogen-bond acceptors (Lipinski definition) is 4. The Hall–Kier alpha value is -2.14. The van der Waals surface area contributed by atoms with Crippen molar-refractivity contribution in [3.63, 3.8) is 0 Å². The molecule has 0 aliphatic heterocycles. The average Bonchev–Trinajstić information content (AvgIpc) is 3.11. The molecule has 1 amide bonds. The van der Waals surface area contributed by atoms with E-state index < -0.39 is 0 Å². The molecule has 1 unspecified atom stereocenters. The summed E-state index contributed by atoms with van der Waals surface area (Å²) in [6.45, 7) is 9.13. The molecule has 1 heterocycles. The number of rotatable bonds is 9. The summed E-state index contributed by atoms with van der Waals surface area (Å²) >= 11 is 0. The van der Waals surface area contributed by atoms with Crippen LogP contribution in [0.1, 0.15) is 33.6 Å². The largest absolute Gasteiger partial charge is 0.338 e. The zero-order valence-corrected chi connectivity index (χ0v) is 15.7. The second kappa shape index (κ2) is 9.37. The molecular weight excluding hydrogens is 314 g/mol. The van der Waals surface area contributed by atoms with E-state index in [2.05, 4.69) is 23.9 Å². The van der Waals surface area contributed by atoms with Crippen molar-refractivity contribution in [2.24, 2.45) is 5.92 Å². The van der Waals surface area contributed by atoms with Crippen molar-refractivity contribution in [2.45, 2.75) is 33.6 Å². The number of hydrogen-bond donors (Lipinski definition) is 0. The maximum Gasteiger partial charge on any atom is 0.234 e. The van der Waals surface area contributed by atoms with E-state index in [1.54, 1.807) is 11.9 Å². The van der Waals surface area contributed by atoms with E-state index in [0.717, 1.165) is 43.7 Å². The minimum atomic E-state index is -0.0895. The molecule has 0 radical (unpaired) electrons. The van der Waals surface area contributed by atoms with Gasteiger partial charge in [0.25, 0.3) is 0 Å². The number of benzene rings is 1. The molecule has 5 heteroatoms. The Kier molecular flexibility index (Phi) is 7.19. The fourth-order valence-corrected chi connectivity index (χ4v) is 3.00. The van der Waals surface area contributed by atoms with Crippen LogP contribution < -0.4 is 4.90 Å². The van der Waals surface area contributed by atoms with Crippen LogP contribution >= 0.6 is 0 Å². The summed E-state index contributed by atoms with van der Waals surface area (Å²) in [6.07, 6.45) is 2.19. The summed E-state index contributed by atoms with van der Waals surface area (Å²) in [4.78, 5) is 16.7. The lowest BCUT2D eigenvalue weighted by atomic mass is 10.1. The van der Waals surface area contributed by atoms with Crippen LogP contribution in [0.4, 0.5) is 5.88 Å². The first-order valence-corrected chi connectivity index (χ1v) is 9.08. The summed E-state index contributed by atoms with van der Waals surface area (Å²) in [6, 6.07) is 11.6. The Bertz CT molecular complexity index is 648. The summed E-state index contributed by atoms with van der Waals surface area (Å²) < 4.78 is 5.39. The fraction of sp³-hybridized carbons (Fsp3) is 0.500. The molecule has 0 aliphatic rings. The molecule has 1 aromatic carbocycles. The first-order valence-electron chi connectivity index (χ1n) is 9.08. The average molecular weight is 343 g/mol. The SMILES string of the molecule is CCCN(CCC)CC(C)C(=O)N(C)c1cc(-c2ccccc2)no1. The van der Waals surface area contributed by atoms with Crippen LogP contribution in [0, 0.1) is 5.92 Å². The van der Waals surface area contributed by atoms with E-state index in [4.69, 9.17) is 4.52 Å². The van der Waals surface area contributed by atoms with Gasteiger partial charge in [0.1, 0.15) is 5.69 Å². The zero-order valence-electron chi connectivity index (χ0n) is 15.7. The third-order valence-corrected chi connectivity index (χ3v) is 4.26. The van der Waals surface area contributed by atoms with E-state index in [0.29, 0.717) is 5.88 Å². The summed E-state index contributed by atoms with van der Waals surface area (Å²) in [5, 5.41) is 4.09. The van der Waals surface area contributed by atoms with Crippen LogP contribution in [0.3, 0.4) is 0 Å². The molecule has 0 saturated heterocycles. The molecule has 136 valence electrons. The Balaban J connectivity index is 2.03. The predicted molar refractivity (Wildman–Crippen MR) is 102 cm³/mol. The van der Waals surface area contributed by atoms with Gasteiger partial charge in [-0.3, -0.25) is 9.69 Å². The van der Waals surface area contributed by atoms with E-state index >= 15 is 0 Å². The van der Waals surface area contributed by atoms with Gasteiger partial charge in [0, 0.05) is 31.1 Å². The number of amides is 1. The molecule has 2 rings (SSSR count). The lowest BCUT2D eigenvalue weighted by Gasteiger charge is -2.26. The molecule has 5 nitrogen and oxygen atoms in total. The van der Waals surface area contributed by atoms with Crippen molar-refractivity contribution in [1.82, 2.24) is 10.1 Å². The minimum Gasteiger partial charge on any atom is -0.338 e. The summed E-state index contributed by atoms with van der Waals surface area (Å²) in [5.41, 5.74) is 1.71. The smallest absolute Gasteiger partial charge is 0.234 e. The Morgan fingerprint density at radius 3 is 2.40 bits per heavy atom. The van der Waals surface area contributed by atoms with Crippen molar-refractivity contribution in [3.8, 4) is 11.3 Å². The maximum absolute atomic E-state index is 12.7. The molecule has 25 heavy (non-hydrogen) atoms. The van der Waals surface area contributed by atoms with Crippen LogP contribution in [0.2, 0.25) is 0 Å². The highest BCUT2D eigenvalue weighted by Gasteiger charge is 2.23. The third kappa shape index (κ3) is 5.16. The molecule has 0 N–H and O–H groups in total. The lowest BCUT2D eigenvalue weighted by Crippen LogP contribution is -2.39. The van der Waals surface area contributed by atoms with Crippen molar-refractivity contribution in [1.29, 1.82) is 0 Å².